The van der Waals surface area contributed by atoms with E-state index in [4.69, 9.17) is 14.2 Å². The molecule has 7 nitrogen and oxygen atoms in total. The molecule has 1 aliphatic rings. The normalized spacial score (nSPS) is 17.0. The molecule has 1 aliphatic heterocycles. The Kier molecular flexibility index (Phi) is 4.80. The molecule has 0 aliphatic carbocycles. The summed E-state index contributed by atoms with van der Waals surface area (Å²) in [6, 6.07) is 3.12. The van der Waals surface area contributed by atoms with Crippen molar-refractivity contribution >= 4 is 15.7 Å². The van der Waals surface area contributed by atoms with Gasteiger partial charge in [0.25, 0.3) is 5.91 Å². The van der Waals surface area contributed by atoms with E-state index in [2.05, 4.69) is 0 Å². The van der Waals surface area contributed by atoms with Gasteiger partial charge in [0, 0.05) is 18.7 Å². The van der Waals surface area contributed by atoms with Gasteiger partial charge in [0.1, 0.15) is 0 Å². The van der Waals surface area contributed by atoms with Crippen LogP contribution in [0.25, 0.3) is 0 Å². The summed E-state index contributed by atoms with van der Waals surface area (Å²) in [6.07, 6.45) is 0. The van der Waals surface area contributed by atoms with Gasteiger partial charge in [-0.1, -0.05) is 0 Å². The highest BCUT2D eigenvalue weighted by atomic mass is 32.2. The fraction of sp³-hybridized carbons (Fsp3) is 0.500. The third-order valence-corrected chi connectivity index (χ3v) is 5.15. The SMILES string of the molecule is COc1cc(C(=O)N2CCS(=O)(=O)CC2)cc(OC)c1OC. The number of methoxy groups -OCH3 is 3. The van der Waals surface area contributed by atoms with Gasteiger partial charge in [0.15, 0.2) is 21.3 Å². The Bertz CT molecular complexity index is 631. The van der Waals surface area contributed by atoms with Crippen molar-refractivity contribution in [1.29, 1.82) is 0 Å². The number of hydrogen-bond acceptors (Lipinski definition) is 6. The lowest BCUT2D eigenvalue weighted by Gasteiger charge is -2.27. The van der Waals surface area contributed by atoms with Gasteiger partial charge in [-0.2, -0.15) is 0 Å². The summed E-state index contributed by atoms with van der Waals surface area (Å²) < 4.78 is 38.5. The molecule has 0 saturated carbocycles. The van der Waals surface area contributed by atoms with Crippen LogP contribution in [0.4, 0.5) is 0 Å². The zero-order valence-electron chi connectivity index (χ0n) is 12.8. The fourth-order valence-electron chi connectivity index (χ4n) is 2.30. The van der Waals surface area contributed by atoms with Crippen LogP contribution in [0, 0.1) is 0 Å². The predicted octanol–water partition coefficient (Wildman–Crippen LogP) is 0.583. The number of rotatable bonds is 4. The van der Waals surface area contributed by atoms with E-state index >= 15 is 0 Å². The van der Waals surface area contributed by atoms with E-state index in [1.807, 2.05) is 0 Å². The summed E-state index contributed by atoms with van der Waals surface area (Å²) in [5.74, 6) is 0.897. The maximum Gasteiger partial charge on any atom is 0.254 e. The molecule has 122 valence electrons. The van der Waals surface area contributed by atoms with Crippen LogP contribution in [0.15, 0.2) is 12.1 Å². The third kappa shape index (κ3) is 3.27. The molecule has 0 bridgehead atoms. The molecule has 0 aromatic heterocycles. The lowest BCUT2D eigenvalue weighted by atomic mass is 10.1. The van der Waals surface area contributed by atoms with Gasteiger partial charge in [-0.25, -0.2) is 8.42 Å². The summed E-state index contributed by atoms with van der Waals surface area (Å²) >= 11 is 0. The minimum Gasteiger partial charge on any atom is -0.493 e. The smallest absolute Gasteiger partial charge is 0.254 e. The molecule has 1 aromatic rings. The molecule has 0 N–H and O–H groups in total. The maximum absolute atomic E-state index is 12.5. The van der Waals surface area contributed by atoms with Crippen molar-refractivity contribution in [2.75, 3.05) is 45.9 Å². The van der Waals surface area contributed by atoms with Crippen molar-refractivity contribution in [3.05, 3.63) is 17.7 Å². The van der Waals surface area contributed by atoms with E-state index in [-0.39, 0.29) is 30.5 Å². The van der Waals surface area contributed by atoms with Crippen LogP contribution < -0.4 is 14.2 Å². The fourth-order valence-corrected chi connectivity index (χ4v) is 3.50. The quantitative estimate of drug-likeness (QED) is 0.804. The number of ether oxygens (including phenoxy) is 3. The average molecular weight is 329 g/mol. The average Bonchev–Trinajstić information content (AvgIpc) is 2.52. The van der Waals surface area contributed by atoms with E-state index in [0.717, 1.165) is 0 Å². The number of sulfone groups is 1. The first-order valence-corrected chi connectivity index (χ1v) is 8.53. The van der Waals surface area contributed by atoms with Crippen LogP contribution in [0.2, 0.25) is 0 Å². The molecular formula is C14H19NO6S. The van der Waals surface area contributed by atoms with Crippen LogP contribution in [0.1, 0.15) is 10.4 Å². The Hall–Kier alpha value is -1.96. The highest BCUT2D eigenvalue weighted by molar-refractivity contribution is 7.91. The van der Waals surface area contributed by atoms with Crippen LogP contribution in [0.5, 0.6) is 17.2 Å². The molecule has 1 amide bonds. The highest BCUT2D eigenvalue weighted by Gasteiger charge is 2.27. The van der Waals surface area contributed by atoms with Gasteiger partial charge in [-0.3, -0.25) is 4.79 Å². The zero-order valence-corrected chi connectivity index (χ0v) is 13.6. The summed E-state index contributed by atoms with van der Waals surface area (Å²) in [6.45, 7) is 0.385. The minimum atomic E-state index is -3.03. The topological polar surface area (TPSA) is 82.1 Å². The molecule has 0 spiro atoms. The van der Waals surface area contributed by atoms with E-state index in [1.165, 1.54) is 26.2 Å². The van der Waals surface area contributed by atoms with E-state index in [1.54, 1.807) is 12.1 Å². The van der Waals surface area contributed by atoms with Crippen molar-refractivity contribution in [2.24, 2.45) is 0 Å². The van der Waals surface area contributed by atoms with Crippen molar-refractivity contribution in [3.63, 3.8) is 0 Å². The molecule has 1 heterocycles. The van der Waals surface area contributed by atoms with Crippen LogP contribution in [0.3, 0.4) is 0 Å². The molecule has 22 heavy (non-hydrogen) atoms. The van der Waals surface area contributed by atoms with E-state index in [9.17, 15) is 13.2 Å². The lowest BCUT2D eigenvalue weighted by molar-refractivity contribution is 0.0769. The molecule has 2 rings (SSSR count). The standard InChI is InChI=1S/C14H19NO6S/c1-19-11-8-10(9-12(20-2)13(11)21-3)14(16)15-4-6-22(17,18)7-5-15/h8-9H,4-7H2,1-3H3. The van der Waals surface area contributed by atoms with Crippen LogP contribution in [-0.4, -0.2) is 65.1 Å². The molecule has 1 aromatic carbocycles. The largest absolute Gasteiger partial charge is 0.493 e. The first-order valence-electron chi connectivity index (χ1n) is 6.71. The number of nitrogens with zero attached hydrogens (tertiary/aromatic N) is 1. The van der Waals surface area contributed by atoms with Crippen LogP contribution >= 0.6 is 0 Å². The van der Waals surface area contributed by atoms with Gasteiger partial charge in [-0.05, 0) is 12.1 Å². The maximum atomic E-state index is 12.5. The number of carbonyl (C=O) groups is 1. The summed E-state index contributed by atoms with van der Waals surface area (Å²) in [5, 5.41) is 0. The molecular weight excluding hydrogens is 310 g/mol. The lowest BCUT2D eigenvalue weighted by Crippen LogP contribution is -2.43. The number of benzene rings is 1. The Balaban J connectivity index is 2.30. The van der Waals surface area contributed by atoms with Gasteiger partial charge in [-0.15, -0.1) is 0 Å². The zero-order chi connectivity index (χ0) is 16.3. The second-order valence-corrected chi connectivity index (χ2v) is 7.16. The monoisotopic (exact) mass is 329 g/mol. The molecule has 0 unspecified atom stereocenters. The summed E-state index contributed by atoms with van der Waals surface area (Å²) in [7, 11) is 1.40. The third-order valence-electron chi connectivity index (χ3n) is 3.54. The number of carbonyl (C=O) groups excluding carboxylic acids is 1. The molecule has 8 heteroatoms. The molecule has 1 fully saturated rings. The highest BCUT2D eigenvalue weighted by Crippen LogP contribution is 2.38. The van der Waals surface area contributed by atoms with Crippen molar-refractivity contribution in [2.45, 2.75) is 0 Å². The molecule has 0 atom stereocenters. The van der Waals surface area contributed by atoms with Crippen molar-refractivity contribution in [3.8, 4) is 17.2 Å². The Morgan fingerprint density at radius 1 is 1.00 bits per heavy atom. The number of hydrogen-bond donors (Lipinski definition) is 0. The van der Waals surface area contributed by atoms with Gasteiger partial charge >= 0.3 is 0 Å². The molecule has 1 saturated heterocycles. The summed E-state index contributed by atoms with van der Waals surface area (Å²) in [5.41, 5.74) is 0.369. The van der Waals surface area contributed by atoms with Crippen LogP contribution in [-0.2, 0) is 9.84 Å². The minimum absolute atomic E-state index is 0.0107. The van der Waals surface area contributed by atoms with Crippen molar-refractivity contribution in [1.82, 2.24) is 4.90 Å². The Morgan fingerprint density at radius 2 is 1.50 bits per heavy atom. The van der Waals surface area contributed by atoms with E-state index in [0.29, 0.717) is 22.8 Å². The Morgan fingerprint density at radius 3 is 1.91 bits per heavy atom. The van der Waals surface area contributed by atoms with Gasteiger partial charge in [0.2, 0.25) is 5.75 Å². The Labute approximate surface area is 129 Å². The second kappa shape index (κ2) is 6.43. The number of amides is 1. The van der Waals surface area contributed by atoms with E-state index < -0.39 is 9.84 Å². The van der Waals surface area contributed by atoms with Gasteiger partial charge in [0.05, 0.1) is 32.8 Å². The van der Waals surface area contributed by atoms with Crippen molar-refractivity contribution < 1.29 is 27.4 Å². The first kappa shape index (κ1) is 16.4. The predicted molar refractivity (Wildman–Crippen MR) is 80.7 cm³/mol. The first-order chi connectivity index (χ1) is 10.4. The molecule has 0 radical (unpaired) electrons. The van der Waals surface area contributed by atoms with Gasteiger partial charge < -0.3 is 19.1 Å². The summed E-state index contributed by atoms with van der Waals surface area (Å²) in [4.78, 5) is 14.0. The second-order valence-electron chi connectivity index (χ2n) is 4.86.